The summed E-state index contributed by atoms with van der Waals surface area (Å²) < 4.78 is 0. The van der Waals surface area contributed by atoms with Gasteiger partial charge in [-0.2, -0.15) is 0 Å². The first kappa shape index (κ1) is 15.3. The number of piperidine rings is 1. The SMILES string of the molecule is CC1(CNC(=O)c2sccc2-c2ccccc2)CCNCC1. The van der Waals surface area contributed by atoms with Gasteiger partial charge in [0.15, 0.2) is 0 Å². The average Bonchev–Trinajstić information content (AvgIpc) is 3.04. The molecule has 1 fully saturated rings. The van der Waals surface area contributed by atoms with Gasteiger partial charge in [0.25, 0.3) is 5.91 Å². The minimum atomic E-state index is 0.0496. The lowest BCUT2D eigenvalue weighted by molar-refractivity contribution is 0.0927. The summed E-state index contributed by atoms with van der Waals surface area (Å²) in [5.41, 5.74) is 2.34. The highest BCUT2D eigenvalue weighted by Gasteiger charge is 2.27. The van der Waals surface area contributed by atoms with E-state index in [2.05, 4.69) is 17.6 Å². The molecule has 0 radical (unpaired) electrons. The van der Waals surface area contributed by atoms with E-state index >= 15 is 0 Å². The number of hydrogen-bond acceptors (Lipinski definition) is 3. The van der Waals surface area contributed by atoms with Crippen LogP contribution in [0.1, 0.15) is 29.4 Å². The molecule has 2 N–H and O–H groups in total. The molecule has 1 aromatic heterocycles. The molecule has 0 saturated carbocycles. The van der Waals surface area contributed by atoms with Crippen LogP contribution in [-0.4, -0.2) is 25.5 Å². The number of hydrogen-bond donors (Lipinski definition) is 2. The molecule has 1 saturated heterocycles. The Kier molecular flexibility index (Phi) is 4.60. The van der Waals surface area contributed by atoms with Gasteiger partial charge in [-0.05, 0) is 48.4 Å². The largest absolute Gasteiger partial charge is 0.351 e. The third-order valence-corrected chi connectivity index (χ3v) is 5.36. The lowest BCUT2D eigenvalue weighted by atomic mass is 9.81. The molecule has 1 aliphatic heterocycles. The molecule has 2 aromatic rings. The van der Waals surface area contributed by atoms with Crippen molar-refractivity contribution in [1.29, 1.82) is 0 Å². The van der Waals surface area contributed by atoms with Gasteiger partial charge in [-0.15, -0.1) is 11.3 Å². The van der Waals surface area contributed by atoms with Crippen LogP contribution in [0.5, 0.6) is 0 Å². The predicted molar refractivity (Wildman–Crippen MR) is 92.3 cm³/mol. The summed E-state index contributed by atoms with van der Waals surface area (Å²) in [4.78, 5) is 13.4. The van der Waals surface area contributed by atoms with Crippen molar-refractivity contribution in [2.24, 2.45) is 5.41 Å². The average molecular weight is 314 g/mol. The minimum absolute atomic E-state index is 0.0496. The Hall–Kier alpha value is -1.65. The van der Waals surface area contributed by atoms with Crippen LogP contribution >= 0.6 is 11.3 Å². The molecule has 2 heterocycles. The van der Waals surface area contributed by atoms with Gasteiger partial charge < -0.3 is 10.6 Å². The minimum Gasteiger partial charge on any atom is -0.351 e. The molecule has 0 atom stereocenters. The molecule has 1 aromatic carbocycles. The molecular weight excluding hydrogens is 292 g/mol. The van der Waals surface area contributed by atoms with Crippen molar-refractivity contribution in [1.82, 2.24) is 10.6 Å². The fourth-order valence-corrected chi connectivity index (χ4v) is 3.74. The smallest absolute Gasteiger partial charge is 0.262 e. The Morgan fingerprint density at radius 1 is 1.23 bits per heavy atom. The van der Waals surface area contributed by atoms with Crippen molar-refractivity contribution >= 4 is 17.2 Å². The van der Waals surface area contributed by atoms with Crippen LogP contribution in [0.4, 0.5) is 0 Å². The van der Waals surface area contributed by atoms with Crippen molar-refractivity contribution in [3.05, 3.63) is 46.7 Å². The van der Waals surface area contributed by atoms with E-state index in [9.17, 15) is 4.79 Å². The zero-order valence-corrected chi connectivity index (χ0v) is 13.7. The normalized spacial score (nSPS) is 17.1. The van der Waals surface area contributed by atoms with E-state index in [1.54, 1.807) is 0 Å². The first-order valence-corrected chi connectivity index (χ1v) is 8.68. The molecule has 0 spiro atoms. The van der Waals surface area contributed by atoms with Crippen LogP contribution in [0.15, 0.2) is 41.8 Å². The maximum Gasteiger partial charge on any atom is 0.262 e. The van der Waals surface area contributed by atoms with Crippen molar-refractivity contribution in [3.8, 4) is 11.1 Å². The van der Waals surface area contributed by atoms with Gasteiger partial charge in [-0.3, -0.25) is 4.79 Å². The van der Waals surface area contributed by atoms with E-state index in [1.165, 1.54) is 11.3 Å². The molecule has 1 amide bonds. The van der Waals surface area contributed by atoms with Crippen molar-refractivity contribution < 1.29 is 4.79 Å². The van der Waals surface area contributed by atoms with Crippen LogP contribution in [0, 0.1) is 5.41 Å². The number of nitrogens with one attached hydrogen (secondary N) is 2. The lowest BCUT2D eigenvalue weighted by Gasteiger charge is -2.34. The summed E-state index contributed by atoms with van der Waals surface area (Å²) in [6, 6.07) is 12.1. The molecule has 0 unspecified atom stereocenters. The zero-order valence-electron chi connectivity index (χ0n) is 12.9. The molecule has 4 heteroatoms. The van der Waals surface area contributed by atoms with Crippen LogP contribution in [0.3, 0.4) is 0 Å². The van der Waals surface area contributed by atoms with Crippen LogP contribution in [-0.2, 0) is 0 Å². The van der Waals surface area contributed by atoms with E-state index < -0.39 is 0 Å². The monoisotopic (exact) mass is 314 g/mol. The second-order valence-corrected chi connectivity index (χ2v) is 7.19. The van der Waals surface area contributed by atoms with E-state index in [0.29, 0.717) is 0 Å². The summed E-state index contributed by atoms with van der Waals surface area (Å²) in [5.74, 6) is 0.0496. The number of benzene rings is 1. The molecule has 1 aliphatic rings. The number of carbonyl (C=O) groups is 1. The highest BCUT2D eigenvalue weighted by Crippen LogP contribution is 2.30. The summed E-state index contributed by atoms with van der Waals surface area (Å²) in [5, 5.41) is 8.51. The van der Waals surface area contributed by atoms with Gasteiger partial charge in [0.2, 0.25) is 0 Å². The molecule has 22 heavy (non-hydrogen) atoms. The van der Waals surface area contributed by atoms with Crippen LogP contribution in [0.2, 0.25) is 0 Å². The highest BCUT2D eigenvalue weighted by molar-refractivity contribution is 7.12. The van der Waals surface area contributed by atoms with Gasteiger partial charge in [0.05, 0.1) is 4.88 Å². The predicted octanol–water partition coefficient (Wildman–Crippen LogP) is 3.53. The van der Waals surface area contributed by atoms with Gasteiger partial charge in [-0.25, -0.2) is 0 Å². The summed E-state index contributed by atoms with van der Waals surface area (Å²) >= 11 is 1.51. The third kappa shape index (κ3) is 3.39. The maximum atomic E-state index is 12.6. The second-order valence-electron chi connectivity index (χ2n) is 6.27. The van der Waals surface area contributed by atoms with E-state index in [-0.39, 0.29) is 11.3 Å². The van der Waals surface area contributed by atoms with Crippen molar-refractivity contribution in [3.63, 3.8) is 0 Å². The second kappa shape index (κ2) is 6.63. The van der Waals surface area contributed by atoms with Crippen molar-refractivity contribution in [2.45, 2.75) is 19.8 Å². The first-order chi connectivity index (χ1) is 10.7. The van der Waals surface area contributed by atoms with E-state index in [4.69, 9.17) is 0 Å². The number of amides is 1. The Balaban J connectivity index is 1.70. The van der Waals surface area contributed by atoms with E-state index in [0.717, 1.165) is 48.5 Å². The summed E-state index contributed by atoms with van der Waals surface area (Å²) in [6.45, 7) is 5.10. The third-order valence-electron chi connectivity index (χ3n) is 4.44. The van der Waals surface area contributed by atoms with Crippen molar-refractivity contribution in [2.75, 3.05) is 19.6 Å². The molecule has 116 valence electrons. The Morgan fingerprint density at radius 3 is 2.68 bits per heavy atom. The Morgan fingerprint density at radius 2 is 1.95 bits per heavy atom. The van der Waals surface area contributed by atoms with E-state index in [1.807, 2.05) is 41.8 Å². The fraction of sp³-hybridized carbons (Fsp3) is 0.389. The molecular formula is C18H22N2OS. The first-order valence-electron chi connectivity index (χ1n) is 7.80. The molecule has 3 nitrogen and oxygen atoms in total. The Bertz CT molecular complexity index is 630. The fourth-order valence-electron chi connectivity index (χ4n) is 2.91. The number of rotatable bonds is 4. The Labute approximate surface area is 135 Å². The van der Waals surface area contributed by atoms with Crippen LogP contribution in [0.25, 0.3) is 11.1 Å². The topological polar surface area (TPSA) is 41.1 Å². The summed E-state index contributed by atoms with van der Waals surface area (Å²) in [7, 11) is 0. The van der Waals surface area contributed by atoms with Gasteiger partial charge in [-0.1, -0.05) is 37.3 Å². The maximum absolute atomic E-state index is 12.6. The van der Waals surface area contributed by atoms with Gasteiger partial charge in [0, 0.05) is 12.1 Å². The standard InChI is InChI=1S/C18H22N2OS/c1-18(8-10-19-11-9-18)13-20-17(21)16-15(7-12-22-16)14-5-3-2-4-6-14/h2-7,12,19H,8-11,13H2,1H3,(H,20,21). The quantitative estimate of drug-likeness (QED) is 0.906. The van der Waals surface area contributed by atoms with Gasteiger partial charge in [0.1, 0.15) is 0 Å². The zero-order chi connectivity index (χ0) is 15.4. The molecule has 0 bridgehead atoms. The van der Waals surface area contributed by atoms with Gasteiger partial charge >= 0.3 is 0 Å². The lowest BCUT2D eigenvalue weighted by Crippen LogP contribution is -2.42. The highest BCUT2D eigenvalue weighted by atomic mass is 32.1. The molecule has 0 aliphatic carbocycles. The summed E-state index contributed by atoms with van der Waals surface area (Å²) in [6.07, 6.45) is 2.23. The molecule has 3 rings (SSSR count). The number of carbonyl (C=O) groups excluding carboxylic acids is 1. The number of thiophene rings is 1. The van der Waals surface area contributed by atoms with Crippen LogP contribution < -0.4 is 10.6 Å².